The smallest absolute Gasteiger partial charge is 0.387 e. The molecular weight excluding hydrogens is 252 g/mol. The van der Waals surface area contributed by atoms with Crippen LogP contribution in [0.15, 0.2) is 24.3 Å². The first kappa shape index (κ1) is 13.5. The molecule has 3 nitrogen and oxygen atoms in total. The van der Waals surface area contributed by atoms with Crippen LogP contribution in [0.4, 0.5) is 8.78 Å². The predicted octanol–water partition coefficient (Wildman–Crippen LogP) is 3.26. The van der Waals surface area contributed by atoms with Crippen LogP contribution in [0.25, 0.3) is 0 Å². The molecule has 0 aromatic heterocycles. The van der Waals surface area contributed by atoms with Crippen molar-refractivity contribution in [2.24, 2.45) is 5.92 Å². The molecule has 1 unspecified atom stereocenters. The summed E-state index contributed by atoms with van der Waals surface area (Å²) in [5.41, 5.74) is 0.529. The van der Waals surface area contributed by atoms with Gasteiger partial charge in [0.2, 0.25) is 0 Å². The Labute approximate surface area is 109 Å². The molecule has 0 radical (unpaired) electrons. The Morgan fingerprint density at radius 1 is 1.32 bits per heavy atom. The lowest BCUT2D eigenvalue weighted by molar-refractivity contribution is -0.125. The molecule has 0 N–H and O–H groups in total. The van der Waals surface area contributed by atoms with E-state index in [0.29, 0.717) is 5.56 Å². The first-order valence-corrected chi connectivity index (χ1v) is 6.10. The number of halogens is 2. The molecule has 2 rings (SSSR count). The summed E-state index contributed by atoms with van der Waals surface area (Å²) in [6.45, 7) is -2.88. The van der Waals surface area contributed by atoms with Crippen molar-refractivity contribution in [2.75, 3.05) is 0 Å². The number of carbonyl (C=O) groups excluding carboxylic acids is 1. The number of hydrogen-bond acceptors (Lipinski definition) is 3. The van der Waals surface area contributed by atoms with Gasteiger partial charge in [0.15, 0.2) is 5.78 Å². The molecule has 1 aromatic rings. The van der Waals surface area contributed by atoms with E-state index >= 15 is 0 Å². The van der Waals surface area contributed by atoms with Crippen LogP contribution in [0.3, 0.4) is 0 Å². The summed E-state index contributed by atoms with van der Waals surface area (Å²) in [6.07, 6.45) is 2.70. The average Bonchev–Trinajstić information content (AvgIpc) is 2.29. The van der Waals surface area contributed by atoms with Crippen LogP contribution >= 0.6 is 0 Å². The molecule has 0 saturated heterocycles. The van der Waals surface area contributed by atoms with Gasteiger partial charge in [-0.25, -0.2) is 0 Å². The van der Waals surface area contributed by atoms with Gasteiger partial charge >= 0.3 is 6.61 Å². The third kappa shape index (κ3) is 3.08. The van der Waals surface area contributed by atoms with Gasteiger partial charge in [-0.15, -0.1) is 0 Å². The minimum absolute atomic E-state index is 0.0199. The Balaban J connectivity index is 2.10. The monoisotopic (exact) mass is 265 g/mol. The Bertz CT molecular complexity index is 489. The summed E-state index contributed by atoms with van der Waals surface area (Å²) in [7, 11) is 0. The van der Waals surface area contributed by atoms with Gasteiger partial charge in [-0.2, -0.15) is 14.0 Å². The topological polar surface area (TPSA) is 50.1 Å². The normalized spacial score (nSPS) is 16.5. The number of rotatable bonds is 5. The molecule has 5 heteroatoms. The fourth-order valence-corrected chi connectivity index (χ4v) is 2.07. The van der Waals surface area contributed by atoms with Crippen LogP contribution in [0.2, 0.25) is 0 Å². The average molecular weight is 265 g/mol. The van der Waals surface area contributed by atoms with E-state index in [1.54, 1.807) is 0 Å². The number of nitriles is 1. The maximum atomic E-state index is 12.0. The number of ether oxygens (including phenoxy) is 1. The van der Waals surface area contributed by atoms with Crippen LogP contribution in [0.5, 0.6) is 5.75 Å². The van der Waals surface area contributed by atoms with Gasteiger partial charge in [-0.3, -0.25) is 4.79 Å². The van der Waals surface area contributed by atoms with Gasteiger partial charge in [0.05, 0.1) is 6.07 Å². The van der Waals surface area contributed by atoms with Crippen molar-refractivity contribution in [3.05, 3.63) is 29.8 Å². The van der Waals surface area contributed by atoms with Crippen LogP contribution in [0, 0.1) is 17.2 Å². The van der Waals surface area contributed by atoms with Crippen LogP contribution < -0.4 is 4.74 Å². The van der Waals surface area contributed by atoms with Gasteiger partial charge < -0.3 is 4.74 Å². The molecule has 1 aliphatic rings. The summed E-state index contributed by atoms with van der Waals surface area (Å²) in [6, 6.07) is 7.66. The van der Waals surface area contributed by atoms with Crippen LogP contribution in [-0.2, 0) is 4.79 Å². The maximum absolute atomic E-state index is 12.0. The van der Waals surface area contributed by atoms with Crippen LogP contribution in [0.1, 0.15) is 30.7 Å². The first-order valence-electron chi connectivity index (χ1n) is 6.10. The first-order chi connectivity index (χ1) is 9.11. The molecule has 100 valence electrons. The number of hydrogen-bond donors (Lipinski definition) is 0. The van der Waals surface area contributed by atoms with E-state index in [2.05, 4.69) is 4.74 Å². The summed E-state index contributed by atoms with van der Waals surface area (Å²) >= 11 is 0. The largest absolute Gasteiger partial charge is 0.435 e. The van der Waals surface area contributed by atoms with Crippen molar-refractivity contribution >= 4 is 5.78 Å². The van der Waals surface area contributed by atoms with Crippen molar-refractivity contribution < 1.29 is 18.3 Å². The molecule has 1 fully saturated rings. The fraction of sp³-hybridized carbons (Fsp3) is 0.429. The molecule has 1 aliphatic carbocycles. The molecule has 1 atom stereocenters. The maximum Gasteiger partial charge on any atom is 0.387 e. The number of benzene rings is 1. The number of ketones is 1. The number of alkyl halides is 2. The highest BCUT2D eigenvalue weighted by Crippen LogP contribution is 2.33. The third-order valence-electron chi connectivity index (χ3n) is 3.36. The van der Waals surface area contributed by atoms with Gasteiger partial charge in [0.25, 0.3) is 0 Å². The zero-order valence-electron chi connectivity index (χ0n) is 10.2. The van der Waals surface area contributed by atoms with Gasteiger partial charge in [-0.1, -0.05) is 18.6 Å². The molecule has 0 bridgehead atoms. The Hall–Kier alpha value is -1.96. The van der Waals surface area contributed by atoms with E-state index in [1.807, 2.05) is 6.07 Å². The summed E-state index contributed by atoms with van der Waals surface area (Å²) in [4.78, 5) is 12.0. The molecular formula is C14H13F2NO2. The van der Waals surface area contributed by atoms with E-state index in [9.17, 15) is 13.6 Å². The molecule has 1 aromatic carbocycles. The lowest BCUT2D eigenvalue weighted by atomic mass is 9.76. The summed E-state index contributed by atoms with van der Waals surface area (Å²) in [5.74, 6) is -0.893. The molecule has 0 heterocycles. The Morgan fingerprint density at radius 3 is 2.37 bits per heavy atom. The van der Waals surface area contributed by atoms with E-state index in [-0.39, 0.29) is 17.5 Å². The number of carbonyl (C=O) groups is 1. The standard InChI is InChI=1S/C14H13F2NO2/c15-14(16)19-11-6-4-9(5-7-11)12(8-17)13(18)10-2-1-3-10/h4-7,10,12,14H,1-3H2. The number of nitrogens with zero attached hydrogens (tertiary/aromatic N) is 1. The molecule has 0 spiro atoms. The van der Waals surface area contributed by atoms with Crippen molar-refractivity contribution in [2.45, 2.75) is 31.8 Å². The fourth-order valence-electron chi connectivity index (χ4n) is 2.07. The summed E-state index contributed by atoms with van der Waals surface area (Å²) < 4.78 is 28.2. The highest BCUT2D eigenvalue weighted by Gasteiger charge is 2.32. The van der Waals surface area contributed by atoms with E-state index in [1.165, 1.54) is 24.3 Å². The van der Waals surface area contributed by atoms with Crippen LogP contribution in [-0.4, -0.2) is 12.4 Å². The Kier molecular flexibility index (Phi) is 4.10. The highest BCUT2D eigenvalue weighted by atomic mass is 19.3. The SMILES string of the molecule is N#CC(C(=O)C1CCC1)c1ccc(OC(F)F)cc1. The predicted molar refractivity (Wildman–Crippen MR) is 63.8 cm³/mol. The minimum Gasteiger partial charge on any atom is -0.435 e. The quantitative estimate of drug-likeness (QED) is 0.821. The van der Waals surface area contributed by atoms with Crippen molar-refractivity contribution in [1.29, 1.82) is 5.26 Å². The lowest BCUT2D eigenvalue weighted by Crippen LogP contribution is -2.26. The lowest BCUT2D eigenvalue weighted by Gasteiger charge is -2.25. The number of Topliss-reactive ketones (excluding diaryl/α,β-unsaturated/α-hetero) is 1. The van der Waals surface area contributed by atoms with Gasteiger partial charge in [-0.05, 0) is 30.5 Å². The second-order valence-electron chi connectivity index (χ2n) is 4.54. The molecule has 0 amide bonds. The Morgan fingerprint density at radius 2 is 1.95 bits per heavy atom. The highest BCUT2D eigenvalue weighted by molar-refractivity contribution is 5.90. The molecule has 19 heavy (non-hydrogen) atoms. The van der Waals surface area contributed by atoms with Gasteiger partial charge in [0.1, 0.15) is 11.7 Å². The van der Waals surface area contributed by atoms with Crippen molar-refractivity contribution in [3.8, 4) is 11.8 Å². The zero-order chi connectivity index (χ0) is 13.8. The third-order valence-corrected chi connectivity index (χ3v) is 3.36. The molecule has 0 aliphatic heterocycles. The van der Waals surface area contributed by atoms with Crippen molar-refractivity contribution in [1.82, 2.24) is 0 Å². The minimum atomic E-state index is -2.88. The second-order valence-corrected chi connectivity index (χ2v) is 4.54. The zero-order valence-corrected chi connectivity index (χ0v) is 10.2. The summed E-state index contributed by atoms with van der Waals surface area (Å²) in [5, 5.41) is 9.11. The van der Waals surface area contributed by atoms with Gasteiger partial charge in [0, 0.05) is 5.92 Å². The van der Waals surface area contributed by atoms with E-state index in [0.717, 1.165) is 19.3 Å². The van der Waals surface area contributed by atoms with E-state index < -0.39 is 12.5 Å². The second kappa shape index (κ2) is 5.79. The van der Waals surface area contributed by atoms with Crippen molar-refractivity contribution in [3.63, 3.8) is 0 Å². The molecule has 1 saturated carbocycles. The van der Waals surface area contributed by atoms with E-state index in [4.69, 9.17) is 5.26 Å².